The number of aliphatic hydroxyl groups excluding tert-OH is 1. The minimum atomic E-state index is -0.875. The van der Waals surface area contributed by atoms with Gasteiger partial charge in [-0.25, -0.2) is 4.79 Å². The molecule has 100 valence electrons. The van der Waals surface area contributed by atoms with Crippen molar-refractivity contribution >= 4 is 17.3 Å². The summed E-state index contributed by atoms with van der Waals surface area (Å²) in [6.07, 6.45) is 4.15. The smallest absolute Gasteiger partial charge is 0.336 e. The molecule has 1 aromatic heterocycles. The molecule has 0 aromatic carbocycles. The van der Waals surface area contributed by atoms with Crippen LogP contribution in [0.3, 0.4) is 0 Å². The van der Waals surface area contributed by atoms with Crippen LogP contribution >= 0.6 is 11.3 Å². The molecule has 0 saturated heterocycles. The minimum absolute atomic E-state index is 0.177. The molecule has 2 rings (SSSR count). The molecular formula is C13H19NO3S. The maximum Gasteiger partial charge on any atom is 0.336 e. The van der Waals surface area contributed by atoms with Crippen LogP contribution in [0.5, 0.6) is 0 Å². The Labute approximate surface area is 111 Å². The van der Waals surface area contributed by atoms with Gasteiger partial charge in [0, 0.05) is 23.3 Å². The Kier molecular flexibility index (Phi) is 4.74. The van der Waals surface area contributed by atoms with E-state index in [9.17, 15) is 9.90 Å². The predicted octanol–water partition coefficient (Wildman–Crippen LogP) is 2.09. The fourth-order valence-corrected chi connectivity index (χ4v) is 3.22. The van der Waals surface area contributed by atoms with E-state index in [-0.39, 0.29) is 6.10 Å². The van der Waals surface area contributed by atoms with Gasteiger partial charge in [-0.2, -0.15) is 0 Å². The molecule has 1 aliphatic carbocycles. The standard InChI is InChI=1S/C13H19NO3S/c15-12-4-2-1-3-9(12)6-14-7-11-5-10(8-18-11)13(16)17/h5,8-9,12,14-15H,1-4,6-7H2,(H,16,17). The number of rotatable bonds is 5. The molecule has 1 heterocycles. The minimum Gasteiger partial charge on any atom is -0.478 e. The molecule has 0 bridgehead atoms. The summed E-state index contributed by atoms with van der Waals surface area (Å²) in [6, 6.07) is 1.71. The van der Waals surface area contributed by atoms with Crippen molar-refractivity contribution in [3.63, 3.8) is 0 Å². The average molecular weight is 269 g/mol. The third kappa shape index (κ3) is 3.54. The van der Waals surface area contributed by atoms with Gasteiger partial charge in [-0.15, -0.1) is 11.3 Å². The van der Waals surface area contributed by atoms with E-state index < -0.39 is 5.97 Å². The van der Waals surface area contributed by atoms with Crippen molar-refractivity contribution in [2.45, 2.75) is 38.3 Å². The second-order valence-corrected chi connectivity index (χ2v) is 5.85. The summed E-state index contributed by atoms with van der Waals surface area (Å²) in [5, 5.41) is 23.6. The molecule has 1 aliphatic rings. The summed E-state index contributed by atoms with van der Waals surface area (Å²) in [6.45, 7) is 1.49. The Hall–Kier alpha value is -0.910. The van der Waals surface area contributed by atoms with Crippen LogP contribution in [0.1, 0.15) is 40.9 Å². The molecule has 1 fully saturated rings. The van der Waals surface area contributed by atoms with Crippen LogP contribution in [0.4, 0.5) is 0 Å². The molecule has 1 aromatic rings. The summed E-state index contributed by atoms with van der Waals surface area (Å²) in [5.41, 5.74) is 0.356. The highest BCUT2D eigenvalue weighted by Crippen LogP contribution is 2.23. The van der Waals surface area contributed by atoms with Gasteiger partial charge in [0.05, 0.1) is 11.7 Å². The molecule has 4 nitrogen and oxygen atoms in total. The van der Waals surface area contributed by atoms with E-state index in [0.717, 1.165) is 30.7 Å². The molecule has 0 radical (unpaired) electrons. The molecule has 2 atom stereocenters. The molecule has 0 amide bonds. The van der Waals surface area contributed by atoms with E-state index in [2.05, 4.69) is 5.32 Å². The fraction of sp³-hybridized carbons (Fsp3) is 0.615. The Balaban J connectivity index is 1.75. The van der Waals surface area contributed by atoms with Gasteiger partial charge in [0.15, 0.2) is 0 Å². The Morgan fingerprint density at radius 2 is 2.22 bits per heavy atom. The molecule has 5 heteroatoms. The van der Waals surface area contributed by atoms with Crippen LogP contribution in [0.2, 0.25) is 0 Å². The van der Waals surface area contributed by atoms with Crippen molar-refractivity contribution in [1.82, 2.24) is 5.32 Å². The van der Waals surface area contributed by atoms with Crippen LogP contribution in [-0.2, 0) is 6.54 Å². The van der Waals surface area contributed by atoms with Gasteiger partial charge in [-0.3, -0.25) is 0 Å². The van der Waals surface area contributed by atoms with Gasteiger partial charge >= 0.3 is 5.97 Å². The van der Waals surface area contributed by atoms with E-state index in [1.165, 1.54) is 17.8 Å². The van der Waals surface area contributed by atoms with Gasteiger partial charge in [0.2, 0.25) is 0 Å². The molecule has 2 unspecified atom stereocenters. The van der Waals surface area contributed by atoms with Crippen molar-refractivity contribution in [1.29, 1.82) is 0 Å². The second kappa shape index (κ2) is 6.31. The second-order valence-electron chi connectivity index (χ2n) is 4.85. The molecule has 3 N–H and O–H groups in total. The Morgan fingerprint density at radius 1 is 1.44 bits per heavy atom. The van der Waals surface area contributed by atoms with Gasteiger partial charge in [-0.1, -0.05) is 12.8 Å². The number of aromatic carboxylic acids is 1. The van der Waals surface area contributed by atoms with Crippen LogP contribution < -0.4 is 5.32 Å². The lowest BCUT2D eigenvalue weighted by molar-refractivity contribution is 0.0693. The monoisotopic (exact) mass is 269 g/mol. The van der Waals surface area contributed by atoms with Crippen molar-refractivity contribution in [3.05, 3.63) is 21.9 Å². The predicted molar refractivity (Wildman–Crippen MR) is 70.9 cm³/mol. The SMILES string of the molecule is O=C(O)c1csc(CNCC2CCCCC2O)c1. The molecule has 0 aliphatic heterocycles. The fourth-order valence-electron chi connectivity index (χ4n) is 2.39. The number of carbonyl (C=O) groups is 1. The number of carboxylic acid groups (broad SMARTS) is 1. The Bertz CT molecular complexity index is 405. The van der Waals surface area contributed by atoms with E-state index in [1.807, 2.05) is 0 Å². The first-order chi connectivity index (χ1) is 8.66. The highest BCUT2D eigenvalue weighted by molar-refractivity contribution is 7.10. The first-order valence-corrected chi connectivity index (χ1v) is 7.24. The summed E-state index contributed by atoms with van der Waals surface area (Å²) in [4.78, 5) is 11.8. The van der Waals surface area contributed by atoms with E-state index >= 15 is 0 Å². The maximum absolute atomic E-state index is 10.7. The number of hydrogen-bond donors (Lipinski definition) is 3. The van der Waals surface area contributed by atoms with Crippen molar-refractivity contribution in [2.24, 2.45) is 5.92 Å². The summed E-state index contributed by atoms with van der Waals surface area (Å²) in [5.74, 6) is -0.530. The van der Waals surface area contributed by atoms with Crippen molar-refractivity contribution in [2.75, 3.05) is 6.54 Å². The van der Waals surface area contributed by atoms with Crippen LogP contribution in [0, 0.1) is 5.92 Å². The number of hydrogen-bond acceptors (Lipinski definition) is 4. The number of thiophene rings is 1. The average Bonchev–Trinajstić information content (AvgIpc) is 2.80. The topological polar surface area (TPSA) is 69.6 Å². The molecular weight excluding hydrogens is 250 g/mol. The van der Waals surface area contributed by atoms with Crippen LogP contribution in [0.15, 0.2) is 11.4 Å². The zero-order valence-corrected chi connectivity index (χ0v) is 11.1. The van der Waals surface area contributed by atoms with Crippen LogP contribution in [0.25, 0.3) is 0 Å². The highest BCUT2D eigenvalue weighted by atomic mass is 32.1. The van der Waals surface area contributed by atoms with E-state index in [0.29, 0.717) is 18.0 Å². The lowest BCUT2D eigenvalue weighted by atomic mass is 9.86. The zero-order chi connectivity index (χ0) is 13.0. The number of nitrogens with one attached hydrogen (secondary N) is 1. The lowest BCUT2D eigenvalue weighted by Crippen LogP contribution is -2.33. The molecule has 18 heavy (non-hydrogen) atoms. The number of aliphatic hydroxyl groups is 1. The van der Waals surface area contributed by atoms with Gasteiger partial charge in [0.25, 0.3) is 0 Å². The highest BCUT2D eigenvalue weighted by Gasteiger charge is 2.22. The Morgan fingerprint density at radius 3 is 2.89 bits per heavy atom. The normalized spacial score (nSPS) is 24.1. The summed E-state index contributed by atoms with van der Waals surface area (Å²) >= 11 is 1.46. The summed E-state index contributed by atoms with van der Waals surface area (Å²) in [7, 11) is 0. The third-order valence-corrected chi connectivity index (χ3v) is 4.41. The third-order valence-electron chi connectivity index (χ3n) is 3.48. The number of carboxylic acids is 1. The van der Waals surface area contributed by atoms with Crippen molar-refractivity contribution in [3.8, 4) is 0 Å². The van der Waals surface area contributed by atoms with Gasteiger partial charge in [0.1, 0.15) is 0 Å². The quantitative estimate of drug-likeness (QED) is 0.765. The first-order valence-electron chi connectivity index (χ1n) is 6.36. The van der Waals surface area contributed by atoms with Crippen molar-refractivity contribution < 1.29 is 15.0 Å². The molecule has 0 spiro atoms. The lowest BCUT2D eigenvalue weighted by Gasteiger charge is -2.27. The summed E-state index contributed by atoms with van der Waals surface area (Å²) < 4.78 is 0. The molecule has 1 saturated carbocycles. The maximum atomic E-state index is 10.7. The largest absolute Gasteiger partial charge is 0.478 e. The van der Waals surface area contributed by atoms with E-state index in [4.69, 9.17) is 5.11 Å². The van der Waals surface area contributed by atoms with E-state index in [1.54, 1.807) is 11.4 Å². The first kappa shape index (κ1) is 13.5. The van der Waals surface area contributed by atoms with Crippen LogP contribution in [-0.4, -0.2) is 28.8 Å². The zero-order valence-electron chi connectivity index (χ0n) is 10.3. The van der Waals surface area contributed by atoms with Gasteiger partial charge in [-0.05, 0) is 24.8 Å². The van der Waals surface area contributed by atoms with Gasteiger partial charge < -0.3 is 15.5 Å².